The smallest absolute Gasteiger partial charge is 0.291 e. The molecule has 0 saturated carbocycles. The average Bonchev–Trinajstić information content (AvgIpc) is 3.23. The molecule has 0 bridgehead atoms. The van der Waals surface area contributed by atoms with Crippen molar-refractivity contribution in [1.29, 1.82) is 0 Å². The highest BCUT2D eigenvalue weighted by Crippen LogP contribution is 2.19. The Morgan fingerprint density at radius 3 is 3.21 bits per heavy atom. The Morgan fingerprint density at radius 1 is 1.38 bits per heavy atom. The number of fused-ring (bicyclic) bond motifs is 1. The monoisotopic (exact) mass is 326 g/mol. The van der Waals surface area contributed by atoms with E-state index in [-0.39, 0.29) is 17.6 Å². The summed E-state index contributed by atoms with van der Waals surface area (Å²) in [6.07, 6.45) is 5.40. The van der Waals surface area contributed by atoms with Crippen molar-refractivity contribution in [2.75, 3.05) is 26.3 Å². The van der Waals surface area contributed by atoms with Gasteiger partial charge >= 0.3 is 0 Å². The molecule has 0 aliphatic carbocycles. The zero-order chi connectivity index (χ0) is 16.4. The minimum Gasteiger partial charge on any atom is -0.438 e. The Balaban J connectivity index is 1.48. The van der Waals surface area contributed by atoms with E-state index in [0.717, 1.165) is 17.3 Å². The van der Waals surface area contributed by atoms with Gasteiger partial charge in [0, 0.05) is 24.4 Å². The Hall–Kier alpha value is -2.67. The fourth-order valence-corrected chi connectivity index (χ4v) is 3.12. The summed E-state index contributed by atoms with van der Waals surface area (Å²) in [7, 11) is 0. The quantitative estimate of drug-likeness (QED) is 0.794. The number of carbonyl (C=O) groups is 1. The molecule has 1 aliphatic rings. The van der Waals surface area contributed by atoms with E-state index in [1.54, 1.807) is 4.90 Å². The lowest BCUT2D eigenvalue weighted by atomic mass is 9.98. The van der Waals surface area contributed by atoms with Crippen molar-refractivity contribution in [3.63, 3.8) is 0 Å². The normalized spacial score (nSPS) is 18.7. The van der Waals surface area contributed by atoms with Crippen molar-refractivity contribution in [1.82, 2.24) is 20.1 Å². The molecule has 1 N–H and O–H groups in total. The van der Waals surface area contributed by atoms with Crippen LogP contribution in [-0.4, -0.2) is 52.3 Å². The van der Waals surface area contributed by atoms with E-state index in [4.69, 9.17) is 9.15 Å². The number of carbonyl (C=O) groups excluding carboxylic acids is 1. The van der Waals surface area contributed by atoms with Gasteiger partial charge in [-0.3, -0.25) is 9.89 Å². The third kappa shape index (κ3) is 3.03. The highest BCUT2D eigenvalue weighted by atomic mass is 16.5. The number of hydrogen-bond acceptors (Lipinski definition) is 5. The van der Waals surface area contributed by atoms with Crippen LogP contribution in [0.15, 0.2) is 41.4 Å². The van der Waals surface area contributed by atoms with E-state index in [2.05, 4.69) is 27.3 Å². The van der Waals surface area contributed by atoms with Crippen LogP contribution >= 0.6 is 0 Å². The highest BCUT2D eigenvalue weighted by molar-refractivity contribution is 5.91. The molecule has 1 unspecified atom stereocenters. The number of benzene rings is 1. The first-order valence-corrected chi connectivity index (χ1v) is 7.97. The van der Waals surface area contributed by atoms with Crippen LogP contribution in [0.3, 0.4) is 0 Å². The maximum Gasteiger partial charge on any atom is 0.291 e. The Labute approximate surface area is 138 Å². The number of amides is 1. The number of hydrogen-bond donors (Lipinski definition) is 1. The summed E-state index contributed by atoms with van der Waals surface area (Å²) < 4.78 is 10.8. The molecule has 1 fully saturated rings. The number of oxazole rings is 1. The molecule has 3 heterocycles. The minimum atomic E-state index is -0.131. The van der Waals surface area contributed by atoms with E-state index >= 15 is 0 Å². The highest BCUT2D eigenvalue weighted by Gasteiger charge is 2.25. The predicted octanol–water partition coefficient (Wildman–Crippen LogP) is 1.88. The molecule has 1 aliphatic heterocycles. The largest absolute Gasteiger partial charge is 0.438 e. The number of nitrogens with one attached hydrogen (secondary N) is 1. The van der Waals surface area contributed by atoms with Gasteiger partial charge in [-0.25, -0.2) is 4.98 Å². The molecule has 1 atom stereocenters. The van der Waals surface area contributed by atoms with Crippen LogP contribution in [0.5, 0.6) is 0 Å². The standard InChI is InChI=1S/C17H18N4O3/c22-17(16-8-18-11-24-16)21-3-4-23-10-13(9-21)5-12-1-2-15-14(6-12)7-19-20-15/h1-2,6-8,11,13H,3-5,9-10H2,(H,19,20). The number of rotatable bonds is 3. The lowest BCUT2D eigenvalue weighted by molar-refractivity contribution is 0.0705. The van der Waals surface area contributed by atoms with Crippen molar-refractivity contribution < 1.29 is 13.9 Å². The molecule has 1 aromatic carbocycles. The maximum atomic E-state index is 12.5. The molecular weight excluding hydrogens is 308 g/mol. The number of ether oxygens (including phenoxy) is 1. The summed E-state index contributed by atoms with van der Waals surface area (Å²) in [4.78, 5) is 18.1. The van der Waals surface area contributed by atoms with Crippen molar-refractivity contribution >= 4 is 16.8 Å². The molecule has 1 amide bonds. The lowest BCUT2D eigenvalue weighted by Crippen LogP contribution is -2.36. The zero-order valence-electron chi connectivity index (χ0n) is 13.1. The fraction of sp³-hybridized carbons (Fsp3) is 0.353. The second-order valence-electron chi connectivity index (χ2n) is 6.05. The molecule has 0 spiro atoms. The van der Waals surface area contributed by atoms with Crippen molar-refractivity contribution in [2.24, 2.45) is 5.92 Å². The van der Waals surface area contributed by atoms with Crippen LogP contribution in [0.2, 0.25) is 0 Å². The van der Waals surface area contributed by atoms with Gasteiger partial charge in [0.15, 0.2) is 6.39 Å². The summed E-state index contributed by atoms with van der Waals surface area (Å²) in [5.41, 5.74) is 2.24. The number of nitrogens with zero attached hydrogens (tertiary/aromatic N) is 3. The van der Waals surface area contributed by atoms with E-state index in [1.165, 1.54) is 18.2 Å². The van der Waals surface area contributed by atoms with Gasteiger partial charge in [0.25, 0.3) is 5.91 Å². The van der Waals surface area contributed by atoms with Gasteiger partial charge in [0.05, 0.1) is 31.1 Å². The summed E-state index contributed by atoms with van der Waals surface area (Å²) in [6.45, 7) is 2.39. The Morgan fingerprint density at radius 2 is 2.33 bits per heavy atom. The second-order valence-corrected chi connectivity index (χ2v) is 6.05. The van der Waals surface area contributed by atoms with Crippen LogP contribution in [0.1, 0.15) is 16.1 Å². The molecule has 7 heteroatoms. The Bertz CT molecular complexity index is 827. The molecule has 24 heavy (non-hydrogen) atoms. The predicted molar refractivity (Wildman–Crippen MR) is 86.5 cm³/mol. The zero-order valence-corrected chi connectivity index (χ0v) is 13.1. The van der Waals surface area contributed by atoms with Gasteiger partial charge in [-0.2, -0.15) is 5.10 Å². The van der Waals surface area contributed by atoms with Crippen LogP contribution in [-0.2, 0) is 11.2 Å². The van der Waals surface area contributed by atoms with Gasteiger partial charge in [-0.15, -0.1) is 0 Å². The summed E-state index contributed by atoms with van der Waals surface area (Å²) in [6, 6.07) is 6.26. The van der Waals surface area contributed by atoms with Gasteiger partial charge in [0.2, 0.25) is 5.76 Å². The van der Waals surface area contributed by atoms with E-state index < -0.39 is 0 Å². The summed E-state index contributed by atoms with van der Waals surface area (Å²) in [5, 5.41) is 8.10. The molecule has 124 valence electrons. The molecule has 4 rings (SSSR count). The number of H-pyrrole nitrogens is 1. The number of aromatic amines is 1. The molecule has 7 nitrogen and oxygen atoms in total. The van der Waals surface area contributed by atoms with Crippen LogP contribution in [0.4, 0.5) is 0 Å². The average molecular weight is 326 g/mol. The van der Waals surface area contributed by atoms with Gasteiger partial charge in [0.1, 0.15) is 0 Å². The fourth-order valence-electron chi connectivity index (χ4n) is 3.12. The van der Waals surface area contributed by atoms with Crippen LogP contribution in [0, 0.1) is 5.92 Å². The van der Waals surface area contributed by atoms with Crippen molar-refractivity contribution in [2.45, 2.75) is 6.42 Å². The first-order chi connectivity index (χ1) is 11.8. The van der Waals surface area contributed by atoms with E-state index in [9.17, 15) is 4.79 Å². The first-order valence-electron chi connectivity index (χ1n) is 7.97. The topological polar surface area (TPSA) is 84.3 Å². The molecule has 1 saturated heterocycles. The SMILES string of the molecule is O=C(c1cnco1)N1CCOCC(Cc2ccc3[nH]ncc3c2)C1. The number of aromatic nitrogens is 3. The third-order valence-corrected chi connectivity index (χ3v) is 4.30. The van der Waals surface area contributed by atoms with Crippen molar-refractivity contribution in [3.8, 4) is 0 Å². The van der Waals surface area contributed by atoms with Gasteiger partial charge in [-0.1, -0.05) is 6.07 Å². The third-order valence-electron chi connectivity index (χ3n) is 4.30. The summed E-state index contributed by atoms with van der Waals surface area (Å²) in [5.74, 6) is 0.382. The van der Waals surface area contributed by atoms with Crippen molar-refractivity contribution in [3.05, 3.63) is 48.3 Å². The second kappa shape index (κ2) is 6.45. The van der Waals surface area contributed by atoms with Gasteiger partial charge in [-0.05, 0) is 24.1 Å². The van der Waals surface area contributed by atoms with E-state index in [1.807, 2.05) is 12.3 Å². The molecule has 2 aromatic heterocycles. The Kier molecular flexibility index (Phi) is 4.00. The van der Waals surface area contributed by atoms with Crippen LogP contribution < -0.4 is 0 Å². The molecule has 0 radical (unpaired) electrons. The summed E-state index contributed by atoms with van der Waals surface area (Å²) >= 11 is 0. The van der Waals surface area contributed by atoms with E-state index in [0.29, 0.717) is 26.3 Å². The maximum absolute atomic E-state index is 12.5. The van der Waals surface area contributed by atoms with Gasteiger partial charge < -0.3 is 14.1 Å². The molecule has 3 aromatic rings. The minimum absolute atomic E-state index is 0.131. The van der Waals surface area contributed by atoms with Crippen LogP contribution in [0.25, 0.3) is 10.9 Å². The lowest BCUT2D eigenvalue weighted by Gasteiger charge is -2.22. The first kappa shape index (κ1) is 14.9. The molecular formula is C17H18N4O3.